The average molecular weight is 331 g/mol. The maximum Gasteiger partial charge on any atom is 0.121 e. The van der Waals surface area contributed by atoms with Crippen LogP contribution in [0.5, 0.6) is 0 Å². The van der Waals surface area contributed by atoms with E-state index in [4.69, 9.17) is 5.73 Å². The molecule has 1 aromatic rings. The summed E-state index contributed by atoms with van der Waals surface area (Å²) in [7, 11) is 0. The van der Waals surface area contributed by atoms with E-state index in [0.29, 0.717) is 17.8 Å². The highest BCUT2D eigenvalue weighted by atomic mass is 19.1. The standard InChI is InChI=1S/C19H26FN3O/c1-5-13(9-10-14(20)6-2)19-16(8-4)22-17(11-12-18(21)24)15(7-3)23-19/h6-7,9,11-12,14,18,24H,2-3,5,8,10,21H2,1,4H3/b12-11+,13-9+. The highest BCUT2D eigenvalue weighted by Gasteiger charge is 2.13. The maximum atomic E-state index is 13.5. The highest BCUT2D eigenvalue weighted by Crippen LogP contribution is 2.23. The lowest BCUT2D eigenvalue weighted by atomic mass is 10.0. The van der Waals surface area contributed by atoms with Gasteiger partial charge >= 0.3 is 0 Å². The molecule has 0 radical (unpaired) electrons. The van der Waals surface area contributed by atoms with E-state index in [1.54, 1.807) is 12.2 Å². The quantitative estimate of drug-likeness (QED) is 0.535. The smallest absolute Gasteiger partial charge is 0.121 e. The Morgan fingerprint density at radius 2 is 2.00 bits per heavy atom. The van der Waals surface area contributed by atoms with Crippen LogP contribution in [0.1, 0.15) is 49.5 Å². The molecule has 5 heteroatoms. The molecule has 130 valence electrons. The molecule has 4 nitrogen and oxygen atoms in total. The first-order chi connectivity index (χ1) is 11.5. The Bertz CT molecular complexity index is 636. The lowest BCUT2D eigenvalue weighted by molar-refractivity contribution is 0.232. The zero-order valence-corrected chi connectivity index (χ0v) is 14.4. The van der Waals surface area contributed by atoms with Crippen LogP contribution in [0, 0.1) is 0 Å². The van der Waals surface area contributed by atoms with Gasteiger partial charge in [0.2, 0.25) is 0 Å². The summed E-state index contributed by atoms with van der Waals surface area (Å²) < 4.78 is 13.5. The molecule has 0 bridgehead atoms. The van der Waals surface area contributed by atoms with E-state index in [9.17, 15) is 9.50 Å². The summed E-state index contributed by atoms with van der Waals surface area (Å²) in [4.78, 5) is 9.25. The number of allylic oxidation sites excluding steroid dienone is 3. The molecule has 0 aliphatic carbocycles. The topological polar surface area (TPSA) is 72.0 Å². The molecule has 0 aliphatic rings. The minimum absolute atomic E-state index is 0.266. The Morgan fingerprint density at radius 1 is 1.29 bits per heavy atom. The van der Waals surface area contributed by atoms with Gasteiger partial charge in [0.05, 0.1) is 22.8 Å². The predicted octanol–water partition coefficient (Wildman–Crippen LogP) is 3.68. The second kappa shape index (κ2) is 9.90. The van der Waals surface area contributed by atoms with Gasteiger partial charge in [-0.05, 0) is 36.6 Å². The van der Waals surface area contributed by atoms with E-state index in [-0.39, 0.29) is 6.42 Å². The fourth-order valence-corrected chi connectivity index (χ4v) is 2.22. The second-order valence-electron chi connectivity index (χ2n) is 5.27. The summed E-state index contributed by atoms with van der Waals surface area (Å²) in [6.07, 6.45) is 7.35. The number of aromatic nitrogens is 2. The molecule has 1 aromatic heterocycles. The van der Waals surface area contributed by atoms with Crippen LogP contribution < -0.4 is 5.73 Å². The van der Waals surface area contributed by atoms with Crippen LogP contribution >= 0.6 is 0 Å². The molecule has 0 aromatic carbocycles. The van der Waals surface area contributed by atoms with Crippen molar-refractivity contribution in [2.75, 3.05) is 0 Å². The van der Waals surface area contributed by atoms with E-state index < -0.39 is 12.4 Å². The van der Waals surface area contributed by atoms with E-state index in [2.05, 4.69) is 23.1 Å². The lowest BCUT2D eigenvalue weighted by Gasteiger charge is -2.13. The van der Waals surface area contributed by atoms with E-state index >= 15 is 0 Å². The Hall–Kier alpha value is -2.11. The Balaban J connectivity index is 3.36. The zero-order chi connectivity index (χ0) is 18.1. The third-order valence-corrected chi connectivity index (χ3v) is 3.53. The van der Waals surface area contributed by atoms with E-state index in [1.165, 1.54) is 12.2 Å². The second-order valence-corrected chi connectivity index (χ2v) is 5.27. The van der Waals surface area contributed by atoms with Crippen LogP contribution in [0.25, 0.3) is 17.7 Å². The van der Waals surface area contributed by atoms with E-state index in [0.717, 1.165) is 23.4 Å². The van der Waals surface area contributed by atoms with Crippen LogP contribution in [0.15, 0.2) is 31.4 Å². The number of aryl methyl sites for hydroxylation is 1. The molecule has 24 heavy (non-hydrogen) atoms. The molecule has 2 atom stereocenters. The normalized spacial score (nSPS) is 14.6. The number of hydrogen-bond donors (Lipinski definition) is 2. The van der Waals surface area contributed by atoms with Crippen LogP contribution in [-0.2, 0) is 6.42 Å². The summed E-state index contributed by atoms with van der Waals surface area (Å²) in [5.41, 5.74) is 9.04. The minimum atomic E-state index is -1.07. The van der Waals surface area contributed by atoms with Crippen molar-refractivity contribution in [3.8, 4) is 0 Å². The number of rotatable bonds is 9. The monoisotopic (exact) mass is 331 g/mol. The third kappa shape index (κ3) is 5.51. The third-order valence-electron chi connectivity index (χ3n) is 3.53. The number of nitrogens with zero attached hydrogens (tertiary/aromatic N) is 2. The van der Waals surface area contributed by atoms with Crippen LogP contribution in [0.3, 0.4) is 0 Å². The predicted molar refractivity (Wildman–Crippen MR) is 98.7 cm³/mol. The van der Waals surface area contributed by atoms with Gasteiger partial charge in [-0.15, -0.1) is 6.58 Å². The summed E-state index contributed by atoms with van der Waals surface area (Å²) >= 11 is 0. The van der Waals surface area contributed by atoms with Crippen molar-refractivity contribution in [3.05, 3.63) is 54.2 Å². The number of aliphatic hydroxyl groups excluding tert-OH is 1. The molecule has 0 spiro atoms. The highest BCUT2D eigenvalue weighted by molar-refractivity contribution is 5.68. The van der Waals surface area contributed by atoms with Crippen molar-refractivity contribution in [1.82, 2.24) is 9.97 Å². The first-order valence-corrected chi connectivity index (χ1v) is 8.07. The lowest BCUT2D eigenvalue weighted by Crippen LogP contribution is -2.14. The number of aliphatic hydroxyl groups is 1. The summed E-state index contributed by atoms with van der Waals surface area (Å²) in [5, 5.41) is 9.19. The minimum Gasteiger partial charge on any atom is -0.375 e. The molecule has 0 amide bonds. The van der Waals surface area contributed by atoms with Crippen molar-refractivity contribution in [2.24, 2.45) is 5.73 Å². The molecule has 0 fully saturated rings. The molecular weight excluding hydrogens is 305 g/mol. The first-order valence-electron chi connectivity index (χ1n) is 8.07. The van der Waals surface area contributed by atoms with Gasteiger partial charge in [0.15, 0.2) is 0 Å². The molecule has 1 heterocycles. The number of alkyl halides is 1. The molecule has 3 N–H and O–H groups in total. The van der Waals surface area contributed by atoms with Gasteiger partial charge in [-0.25, -0.2) is 14.4 Å². The van der Waals surface area contributed by atoms with Crippen LogP contribution in [0.2, 0.25) is 0 Å². The molecule has 2 unspecified atom stereocenters. The van der Waals surface area contributed by atoms with Crippen LogP contribution in [0.4, 0.5) is 4.39 Å². The first kappa shape index (κ1) is 19.9. The average Bonchev–Trinajstić information content (AvgIpc) is 2.59. The van der Waals surface area contributed by atoms with E-state index in [1.807, 2.05) is 19.9 Å². The number of hydrogen-bond acceptors (Lipinski definition) is 4. The van der Waals surface area contributed by atoms with Gasteiger partial charge in [0.1, 0.15) is 12.4 Å². The van der Waals surface area contributed by atoms with Crippen LogP contribution in [-0.4, -0.2) is 27.5 Å². The fourth-order valence-electron chi connectivity index (χ4n) is 2.22. The Morgan fingerprint density at radius 3 is 2.50 bits per heavy atom. The summed E-state index contributed by atoms with van der Waals surface area (Å²) in [6, 6.07) is 0. The molecule has 0 saturated heterocycles. The largest absolute Gasteiger partial charge is 0.375 e. The Labute approximate surface area is 143 Å². The fraction of sp³-hybridized carbons (Fsp3) is 0.368. The SMILES string of the molecule is C=Cc1nc(/C(=C/CC(F)C=C)CC)c(CC)nc1/C=C/C(N)O. The number of halogens is 1. The van der Waals surface area contributed by atoms with Gasteiger partial charge in [-0.2, -0.15) is 0 Å². The number of nitrogens with two attached hydrogens (primary N) is 1. The molecule has 0 aliphatic heterocycles. The summed E-state index contributed by atoms with van der Waals surface area (Å²) in [6.45, 7) is 11.2. The van der Waals surface area contributed by atoms with Gasteiger partial charge < -0.3 is 10.8 Å². The van der Waals surface area contributed by atoms with Gasteiger partial charge in [-0.3, -0.25) is 0 Å². The van der Waals surface area contributed by atoms with Crippen molar-refractivity contribution in [3.63, 3.8) is 0 Å². The van der Waals surface area contributed by atoms with Crippen molar-refractivity contribution >= 4 is 17.7 Å². The maximum absolute atomic E-state index is 13.5. The van der Waals surface area contributed by atoms with Gasteiger partial charge in [0.25, 0.3) is 0 Å². The summed E-state index contributed by atoms with van der Waals surface area (Å²) in [5.74, 6) is 0. The Kier molecular flexibility index (Phi) is 8.22. The van der Waals surface area contributed by atoms with Gasteiger partial charge in [0, 0.05) is 6.42 Å². The van der Waals surface area contributed by atoms with Crippen molar-refractivity contribution in [2.45, 2.75) is 45.5 Å². The van der Waals surface area contributed by atoms with Crippen molar-refractivity contribution < 1.29 is 9.50 Å². The van der Waals surface area contributed by atoms with Gasteiger partial charge in [-0.1, -0.05) is 32.6 Å². The zero-order valence-electron chi connectivity index (χ0n) is 14.4. The van der Waals surface area contributed by atoms with Crippen molar-refractivity contribution in [1.29, 1.82) is 0 Å². The molecule has 0 saturated carbocycles. The molecular formula is C19H26FN3O. The molecule has 1 rings (SSSR count).